The normalized spacial score (nSPS) is 10.5. The van der Waals surface area contributed by atoms with Gasteiger partial charge in [-0.25, -0.2) is 0 Å². The fraction of sp³-hybridized carbons (Fsp3) is 0.286. The van der Waals surface area contributed by atoms with E-state index in [-0.39, 0.29) is 5.91 Å². The number of anilines is 1. The molecule has 0 fully saturated rings. The first-order valence-electron chi connectivity index (χ1n) is 6.27. The summed E-state index contributed by atoms with van der Waals surface area (Å²) < 4.78 is 1.60. The van der Waals surface area contributed by atoms with Crippen LogP contribution >= 0.6 is 0 Å². The number of benzene rings is 1. The Morgan fingerprint density at radius 2 is 2.21 bits per heavy atom. The Balaban J connectivity index is 2.17. The maximum atomic E-state index is 12.2. The highest BCUT2D eigenvalue weighted by Crippen LogP contribution is 2.12. The van der Waals surface area contributed by atoms with Crippen molar-refractivity contribution in [3.63, 3.8) is 0 Å². The number of nitrogens with zero attached hydrogens (tertiary/aromatic N) is 2. The molecule has 0 bridgehead atoms. The van der Waals surface area contributed by atoms with Gasteiger partial charge in [-0.15, -0.1) is 0 Å². The SMILES string of the molecule is CCc1cc(C(=O)Nc2cccc(CN)c2)n(C)n1. The summed E-state index contributed by atoms with van der Waals surface area (Å²) in [6.07, 6.45) is 0.809. The number of hydrogen-bond donors (Lipinski definition) is 2. The van der Waals surface area contributed by atoms with Crippen molar-refractivity contribution in [2.45, 2.75) is 19.9 Å². The van der Waals surface area contributed by atoms with Crippen LogP contribution in [0.1, 0.15) is 28.7 Å². The molecule has 1 aromatic heterocycles. The molecule has 2 rings (SSSR count). The number of rotatable bonds is 4. The van der Waals surface area contributed by atoms with Gasteiger partial charge in [-0.3, -0.25) is 9.48 Å². The molecule has 1 heterocycles. The maximum Gasteiger partial charge on any atom is 0.273 e. The van der Waals surface area contributed by atoms with E-state index in [4.69, 9.17) is 5.73 Å². The van der Waals surface area contributed by atoms with Gasteiger partial charge in [0, 0.05) is 19.3 Å². The van der Waals surface area contributed by atoms with Gasteiger partial charge in [0.05, 0.1) is 5.69 Å². The van der Waals surface area contributed by atoms with Gasteiger partial charge in [0.25, 0.3) is 5.91 Å². The molecule has 1 aromatic carbocycles. The lowest BCUT2D eigenvalue weighted by molar-refractivity contribution is 0.101. The molecular weight excluding hydrogens is 240 g/mol. The predicted octanol–water partition coefficient (Wildman–Crippen LogP) is 1.69. The van der Waals surface area contributed by atoms with Crippen molar-refractivity contribution in [3.05, 3.63) is 47.3 Å². The number of aryl methyl sites for hydroxylation is 2. The molecule has 0 aliphatic heterocycles. The van der Waals surface area contributed by atoms with Crippen molar-refractivity contribution in [1.82, 2.24) is 9.78 Å². The first kappa shape index (κ1) is 13.3. The third kappa shape index (κ3) is 3.00. The Morgan fingerprint density at radius 3 is 2.84 bits per heavy atom. The van der Waals surface area contributed by atoms with Gasteiger partial charge in [-0.05, 0) is 30.2 Å². The summed E-state index contributed by atoms with van der Waals surface area (Å²) in [4.78, 5) is 12.2. The molecule has 1 amide bonds. The average Bonchev–Trinajstić information content (AvgIpc) is 2.80. The minimum Gasteiger partial charge on any atom is -0.326 e. The molecule has 100 valence electrons. The van der Waals surface area contributed by atoms with Crippen LogP contribution < -0.4 is 11.1 Å². The van der Waals surface area contributed by atoms with E-state index in [0.717, 1.165) is 23.4 Å². The number of nitrogens with one attached hydrogen (secondary N) is 1. The van der Waals surface area contributed by atoms with Crippen molar-refractivity contribution in [3.8, 4) is 0 Å². The molecule has 5 nitrogen and oxygen atoms in total. The molecule has 0 radical (unpaired) electrons. The Morgan fingerprint density at radius 1 is 1.42 bits per heavy atom. The summed E-state index contributed by atoms with van der Waals surface area (Å²) in [5.41, 5.74) is 8.76. The number of nitrogens with two attached hydrogens (primary N) is 1. The fourth-order valence-corrected chi connectivity index (χ4v) is 1.88. The molecule has 0 aliphatic rings. The Bertz CT molecular complexity index is 589. The molecule has 0 unspecified atom stereocenters. The largest absolute Gasteiger partial charge is 0.326 e. The van der Waals surface area contributed by atoms with Gasteiger partial charge in [0.1, 0.15) is 5.69 Å². The summed E-state index contributed by atoms with van der Waals surface area (Å²) in [5, 5.41) is 7.12. The lowest BCUT2D eigenvalue weighted by Crippen LogP contribution is -2.16. The molecular formula is C14H18N4O. The van der Waals surface area contributed by atoms with E-state index in [9.17, 15) is 4.79 Å². The van der Waals surface area contributed by atoms with E-state index in [1.807, 2.05) is 37.3 Å². The molecule has 0 spiro atoms. The van der Waals surface area contributed by atoms with E-state index in [0.29, 0.717) is 12.2 Å². The second kappa shape index (κ2) is 5.67. The smallest absolute Gasteiger partial charge is 0.273 e. The van der Waals surface area contributed by atoms with Crippen molar-refractivity contribution in [2.75, 3.05) is 5.32 Å². The standard InChI is InChI=1S/C14H18N4O/c1-3-11-8-13(18(2)17-11)14(19)16-12-6-4-5-10(7-12)9-15/h4-8H,3,9,15H2,1-2H3,(H,16,19). The zero-order valence-electron chi connectivity index (χ0n) is 11.2. The van der Waals surface area contributed by atoms with E-state index >= 15 is 0 Å². The van der Waals surface area contributed by atoms with Gasteiger partial charge in [-0.1, -0.05) is 19.1 Å². The van der Waals surface area contributed by atoms with Crippen molar-refractivity contribution in [1.29, 1.82) is 0 Å². The zero-order valence-corrected chi connectivity index (χ0v) is 11.2. The van der Waals surface area contributed by atoms with Crippen LogP contribution in [0, 0.1) is 0 Å². The van der Waals surface area contributed by atoms with Crippen molar-refractivity contribution in [2.24, 2.45) is 12.8 Å². The summed E-state index contributed by atoms with van der Waals surface area (Å²) in [7, 11) is 1.77. The Labute approximate surface area is 112 Å². The fourth-order valence-electron chi connectivity index (χ4n) is 1.88. The zero-order chi connectivity index (χ0) is 13.8. The first-order valence-corrected chi connectivity index (χ1v) is 6.27. The molecule has 19 heavy (non-hydrogen) atoms. The molecule has 0 saturated carbocycles. The van der Waals surface area contributed by atoms with Crippen LogP contribution in [0.4, 0.5) is 5.69 Å². The van der Waals surface area contributed by atoms with Crippen LogP contribution in [0.15, 0.2) is 30.3 Å². The van der Waals surface area contributed by atoms with E-state index in [1.165, 1.54) is 0 Å². The number of carbonyl (C=O) groups excluding carboxylic acids is 1. The molecule has 0 aliphatic carbocycles. The summed E-state index contributed by atoms with van der Waals surface area (Å²) in [6, 6.07) is 9.32. The van der Waals surface area contributed by atoms with Crippen LogP contribution in [0.25, 0.3) is 0 Å². The van der Waals surface area contributed by atoms with Gasteiger partial charge >= 0.3 is 0 Å². The monoisotopic (exact) mass is 258 g/mol. The van der Waals surface area contributed by atoms with E-state index in [1.54, 1.807) is 11.7 Å². The summed E-state index contributed by atoms with van der Waals surface area (Å²) in [5.74, 6) is -0.163. The number of carbonyl (C=O) groups is 1. The Hall–Kier alpha value is -2.14. The van der Waals surface area contributed by atoms with Gasteiger partial charge in [0.15, 0.2) is 0 Å². The molecule has 2 aromatic rings. The lowest BCUT2D eigenvalue weighted by Gasteiger charge is -2.06. The van der Waals surface area contributed by atoms with E-state index < -0.39 is 0 Å². The quantitative estimate of drug-likeness (QED) is 0.876. The van der Waals surface area contributed by atoms with Crippen LogP contribution in [0.2, 0.25) is 0 Å². The number of hydrogen-bond acceptors (Lipinski definition) is 3. The van der Waals surface area contributed by atoms with Crippen LogP contribution in [0.3, 0.4) is 0 Å². The summed E-state index contributed by atoms with van der Waals surface area (Å²) in [6.45, 7) is 2.46. The highest BCUT2D eigenvalue weighted by molar-refractivity contribution is 6.03. The van der Waals surface area contributed by atoms with Crippen molar-refractivity contribution < 1.29 is 4.79 Å². The van der Waals surface area contributed by atoms with Gasteiger partial charge in [-0.2, -0.15) is 5.10 Å². The third-order valence-corrected chi connectivity index (χ3v) is 2.95. The molecule has 0 atom stereocenters. The molecule has 0 saturated heterocycles. The first-order chi connectivity index (χ1) is 9.13. The minimum absolute atomic E-state index is 0.163. The summed E-state index contributed by atoms with van der Waals surface area (Å²) >= 11 is 0. The molecule has 5 heteroatoms. The highest BCUT2D eigenvalue weighted by atomic mass is 16.2. The maximum absolute atomic E-state index is 12.2. The minimum atomic E-state index is -0.163. The topological polar surface area (TPSA) is 72.9 Å². The number of amides is 1. The molecule has 3 N–H and O–H groups in total. The second-order valence-electron chi connectivity index (χ2n) is 4.36. The van der Waals surface area contributed by atoms with Gasteiger partial charge < -0.3 is 11.1 Å². The second-order valence-corrected chi connectivity index (χ2v) is 4.36. The van der Waals surface area contributed by atoms with E-state index in [2.05, 4.69) is 10.4 Å². The van der Waals surface area contributed by atoms with Gasteiger partial charge in [0.2, 0.25) is 0 Å². The third-order valence-electron chi connectivity index (χ3n) is 2.95. The highest BCUT2D eigenvalue weighted by Gasteiger charge is 2.12. The van der Waals surface area contributed by atoms with Crippen molar-refractivity contribution >= 4 is 11.6 Å². The average molecular weight is 258 g/mol. The van der Waals surface area contributed by atoms with Crippen LogP contribution in [-0.2, 0) is 20.0 Å². The Kier molecular flexibility index (Phi) is 3.97. The van der Waals surface area contributed by atoms with Crippen LogP contribution in [0.5, 0.6) is 0 Å². The van der Waals surface area contributed by atoms with Crippen LogP contribution in [-0.4, -0.2) is 15.7 Å². The lowest BCUT2D eigenvalue weighted by atomic mass is 10.2. The number of aromatic nitrogens is 2. The predicted molar refractivity (Wildman–Crippen MR) is 74.9 cm³/mol.